The van der Waals surface area contributed by atoms with E-state index in [9.17, 15) is 4.39 Å². The van der Waals surface area contributed by atoms with Gasteiger partial charge >= 0.3 is 0 Å². The summed E-state index contributed by atoms with van der Waals surface area (Å²) >= 11 is 0. The highest BCUT2D eigenvalue weighted by molar-refractivity contribution is 5.62. The van der Waals surface area contributed by atoms with E-state index in [0.717, 1.165) is 16.8 Å². The van der Waals surface area contributed by atoms with Gasteiger partial charge in [-0.2, -0.15) is 0 Å². The number of anilines is 2. The Kier molecular flexibility index (Phi) is 4.61. The third-order valence-electron chi connectivity index (χ3n) is 4.08. The van der Waals surface area contributed by atoms with Crippen molar-refractivity contribution in [2.75, 3.05) is 17.6 Å². The molecule has 0 atom stereocenters. The summed E-state index contributed by atoms with van der Waals surface area (Å²) in [5.41, 5.74) is 8.18. The minimum absolute atomic E-state index is 0.173. The number of halogens is 1. The smallest absolute Gasteiger partial charge is 0.148 e. The van der Waals surface area contributed by atoms with Crippen LogP contribution in [0.3, 0.4) is 0 Å². The molecule has 0 saturated carbocycles. The summed E-state index contributed by atoms with van der Waals surface area (Å²) in [5.74, 6) is 0.897. The summed E-state index contributed by atoms with van der Waals surface area (Å²) < 4.78 is 13.1. The molecule has 3 N–H and O–H groups in total. The zero-order valence-corrected chi connectivity index (χ0v) is 14.2. The van der Waals surface area contributed by atoms with Crippen molar-refractivity contribution in [3.63, 3.8) is 0 Å². The molecule has 3 rings (SSSR count). The normalized spacial score (nSPS) is 11.3. The van der Waals surface area contributed by atoms with Gasteiger partial charge in [0.1, 0.15) is 17.5 Å². The number of nitrogen functional groups attached to an aromatic ring is 1. The average molecular weight is 337 g/mol. The number of aromatic nitrogens is 3. The Morgan fingerprint density at radius 1 is 1.04 bits per heavy atom. The van der Waals surface area contributed by atoms with Crippen molar-refractivity contribution in [1.82, 2.24) is 15.2 Å². The molecule has 6 heteroatoms. The lowest BCUT2D eigenvalue weighted by Crippen LogP contribution is -2.28. The molecule has 0 aliphatic heterocycles. The highest BCUT2D eigenvalue weighted by Crippen LogP contribution is 2.24. The van der Waals surface area contributed by atoms with Crippen LogP contribution in [0.25, 0.3) is 11.3 Å². The van der Waals surface area contributed by atoms with E-state index in [1.807, 2.05) is 18.2 Å². The third-order valence-corrected chi connectivity index (χ3v) is 4.08. The first-order valence-corrected chi connectivity index (χ1v) is 8.00. The highest BCUT2D eigenvalue weighted by atomic mass is 19.1. The zero-order valence-electron chi connectivity index (χ0n) is 14.2. The summed E-state index contributed by atoms with van der Waals surface area (Å²) in [6.45, 7) is 4.83. The van der Waals surface area contributed by atoms with E-state index in [0.29, 0.717) is 18.2 Å². The lowest BCUT2D eigenvalue weighted by molar-refractivity contribution is 0.552. The van der Waals surface area contributed by atoms with Gasteiger partial charge in [0.25, 0.3) is 0 Å². The number of hydrogen-bond donors (Lipinski definition) is 2. The van der Waals surface area contributed by atoms with E-state index in [4.69, 9.17) is 5.73 Å². The van der Waals surface area contributed by atoms with Crippen LogP contribution in [0, 0.1) is 5.82 Å². The number of nitrogens with zero attached hydrogens (tertiary/aromatic N) is 3. The summed E-state index contributed by atoms with van der Waals surface area (Å²) in [6.07, 6.45) is 1.64. The zero-order chi connectivity index (χ0) is 17.9. The molecule has 0 bridgehead atoms. The van der Waals surface area contributed by atoms with Gasteiger partial charge in [0.05, 0.1) is 5.69 Å². The molecular weight excluding hydrogens is 317 g/mol. The number of nitrogens with two attached hydrogens (primary N) is 1. The molecular formula is C19H20FN5. The van der Waals surface area contributed by atoms with E-state index < -0.39 is 0 Å². The molecule has 0 radical (unpaired) electrons. The lowest BCUT2D eigenvalue weighted by atomic mass is 9.84. The number of pyridine rings is 1. The molecule has 0 aliphatic rings. The van der Waals surface area contributed by atoms with Crippen molar-refractivity contribution in [1.29, 1.82) is 0 Å². The Labute approximate surface area is 146 Å². The average Bonchev–Trinajstić information content (AvgIpc) is 2.61. The molecule has 0 unspecified atom stereocenters. The van der Waals surface area contributed by atoms with E-state index >= 15 is 0 Å². The Balaban J connectivity index is 1.68. The molecule has 25 heavy (non-hydrogen) atoms. The highest BCUT2D eigenvalue weighted by Gasteiger charge is 2.20. The van der Waals surface area contributed by atoms with E-state index in [1.54, 1.807) is 24.4 Å². The molecule has 2 aromatic heterocycles. The van der Waals surface area contributed by atoms with Gasteiger partial charge in [0.2, 0.25) is 0 Å². The van der Waals surface area contributed by atoms with Crippen LogP contribution in [-0.4, -0.2) is 21.7 Å². The van der Waals surface area contributed by atoms with Gasteiger partial charge in [-0.15, -0.1) is 10.2 Å². The topological polar surface area (TPSA) is 76.7 Å². The molecule has 128 valence electrons. The first-order valence-electron chi connectivity index (χ1n) is 8.00. The molecule has 0 amide bonds. The first-order chi connectivity index (χ1) is 11.9. The van der Waals surface area contributed by atoms with Crippen LogP contribution >= 0.6 is 0 Å². The fraction of sp³-hybridized carbons (Fsp3) is 0.211. The standard InChI is InChI=1S/C19H20FN5/c1-19(2,14-3-5-15(20)6-4-14)12-23-18-8-7-16(24-25-18)13-9-10-22-17(21)11-13/h3-11H,12H2,1-2H3,(H2,21,22)(H,23,25). The predicted molar refractivity (Wildman–Crippen MR) is 97.6 cm³/mol. The van der Waals surface area contributed by atoms with Crippen molar-refractivity contribution < 1.29 is 4.39 Å². The fourth-order valence-electron chi connectivity index (χ4n) is 2.50. The van der Waals surface area contributed by atoms with Gasteiger partial charge in [-0.05, 0) is 42.0 Å². The SMILES string of the molecule is CC(C)(CNc1ccc(-c2ccnc(N)c2)nn1)c1ccc(F)cc1. The van der Waals surface area contributed by atoms with Crippen molar-refractivity contribution in [3.8, 4) is 11.3 Å². The second-order valence-electron chi connectivity index (χ2n) is 6.52. The minimum Gasteiger partial charge on any atom is -0.384 e. The van der Waals surface area contributed by atoms with Crippen LogP contribution < -0.4 is 11.1 Å². The van der Waals surface area contributed by atoms with Crippen molar-refractivity contribution in [2.45, 2.75) is 19.3 Å². The molecule has 0 saturated heterocycles. The van der Waals surface area contributed by atoms with E-state index in [2.05, 4.69) is 34.3 Å². The van der Waals surface area contributed by atoms with Crippen LogP contribution in [0.1, 0.15) is 19.4 Å². The summed E-state index contributed by atoms with van der Waals surface area (Å²) in [5, 5.41) is 11.7. The lowest BCUT2D eigenvalue weighted by Gasteiger charge is -2.25. The monoisotopic (exact) mass is 337 g/mol. The maximum atomic E-state index is 13.1. The quantitative estimate of drug-likeness (QED) is 0.743. The molecule has 2 heterocycles. The van der Waals surface area contributed by atoms with E-state index in [1.165, 1.54) is 12.1 Å². The fourth-order valence-corrected chi connectivity index (χ4v) is 2.50. The van der Waals surface area contributed by atoms with Crippen molar-refractivity contribution in [3.05, 3.63) is 66.1 Å². The van der Waals surface area contributed by atoms with Gasteiger partial charge in [0, 0.05) is 23.7 Å². The largest absolute Gasteiger partial charge is 0.384 e. The Morgan fingerprint density at radius 3 is 2.44 bits per heavy atom. The van der Waals surface area contributed by atoms with Gasteiger partial charge in [-0.25, -0.2) is 9.37 Å². The van der Waals surface area contributed by atoms with Crippen molar-refractivity contribution in [2.24, 2.45) is 0 Å². The number of benzene rings is 1. The Morgan fingerprint density at radius 2 is 1.80 bits per heavy atom. The van der Waals surface area contributed by atoms with Crippen molar-refractivity contribution >= 4 is 11.6 Å². The third kappa shape index (κ3) is 4.09. The van der Waals surface area contributed by atoms with Crippen LogP contribution in [0.4, 0.5) is 16.0 Å². The molecule has 3 aromatic rings. The Hall–Kier alpha value is -3.02. The molecule has 0 fully saturated rings. The molecule has 0 spiro atoms. The molecule has 0 aliphatic carbocycles. The first kappa shape index (κ1) is 16.8. The van der Waals surface area contributed by atoms with Gasteiger partial charge < -0.3 is 11.1 Å². The summed E-state index contributed by atoms with van der Waals surface area (Å²) in [4.78, 5) is 3.97. The predicted octanol–water partition coefficient (Wildman–Crippen LogP) is 3.65. The van der Waals surface area contributed by atoms with Crippen LogP contribution in [0.15, 0.2) is 54.7 Å². The maximum absolute atomic E-state index is 13.1. The summed E-state index contributed by atoms with van der Waals surface area (Å²) in [7, 11) is 0. The van der Waals surface area contributed by atoms with Crippen LogP contribution in [0.2, 0.25) is 0 Å². The second-order valence-corrected chi connectivity index (χ2v) is 6.52. The van der Waals surface area contributed by atoms with Crippen LogP contribution in [-0.2, 0) is 5.41 Å². The summed E-state index contributed by atoms with van der Waals surface area (Å²) in [6, 6.07) is 13.9. The number of nitrogens with one attached hydrogen (secondary N) is 1. The Bertz CT molecular complexity index is 844. The van der Waals surface area contributed by atoms with Crippen LogP contribution in [0.5, 0.6) is 0 Å². The molecule has 5 nitrogen and oxygen atoms in total. The number of rotatable bonds is 5. The van der Waals surface area contributed by atoms with Gasteiger partial charge in [-0.3, -0.25) is 0 Å². The minimum atomic E-state index is -0.231. The second kappa shape index (κ2) is 6.84. The molecule has 1 aromatic carbocycles. The number of hydrogen-bond acceptors (Lipinski definition) is 5. The maximum Gasteiger partial charge on any atom is 0.148 e. The van der Waals surface area contributed by atoms with Gasteiger partial charge in [0.15, 0.2) is 0 Å². The van der Waals surface area contributed by atoms with E-state index in [-0.39, 0.29) is 11.2 Å². The van der Waals surface area contributed by atoms with Gasteiger partial charge in [-0.1, -0.05) is 26.0 Å².